The van der Waals surface area contributed by atoms with Crippen molar-refractivity contribution >= 4 is 17.3 Å². The zero-order valence-corrected chi connectivity index (χ0v) is 12.7. The number of nitrogens with one attached hydrogen (secondary N) is 1. The predicted octanol–water partition coefficient (Wildman–Crippen LogP) is 1.61. The van der Waals surface area contributed by atoms with Crippen molar-refractivity contribution in [2.75, 3.05) is 30.7 Å². The first-order valence-corrected chi connectivity index (χ1v) is 6.82. The van der Waals surface area contributed by atoms with Gasteiger partial charge in [0.1, 0.15) is 0 Å². The zero-order valence-electron chi connectivity index (χ0n) is 12.7. The van der Waals surface area contributed by atoms with Crippen molar-refractivity contribution in [3.05, 3.63) is 23.8 Å². The first kappa shape index (κ1) is 16.5. The molecule has 5 nitrogen and oxygen atoms in total. The smallest absolute Gasteiger partial charge is 0.238 e. The summed E-state index contributed by atoms with van der Waals surface area (Å²) in [6.45, 7) is 8.75. The molecule has 0 radical (unpaired) electrons. The van der Waals surface area contributed by atoms with Gasteiger partial charge in [0, 0.05) is 17.9 Å². The fourth-order valence-corrected chi connectivity index (χ4v) is 2.05. The summed E-state index contributed by atoms with van der Waals surface area (Å²) in [5.41, 5.74) is 7.25. The topological polar surface area (TPSA) is 78.6 Å². The summed E-state index contributed by atoms with van der Waals surface area (Å²) in [6, 6.07) is 5.38. The van der Waals surface area contributed by atoms with Gasteiger partial charge < -0.3 is 16.2 Å². The lowest BCUT2D eigenvalue weighted by Gasteiger charge is -2.27. The van der Waals surface area contributed by atoms with Crippen molar-refractivity contribution in [1.29, 1.82) is 0 Å². The van der Waals surface area contributed by atoms with Gasteiger partial charge in [0.05, 0.1) is 12.1 Å². The quantitative estimate of drug-likeness (QED) is 0.691. The number of aryl methyl sites for hydroxylation is 1. The number of hydrogen-bond acceptors (Lipinski definition) is 4. The Balaban J connectivity index is 2.62. The minimum atomic E-state index is -0.812. The van der Waals surface area contributed by atoms with Gasteiger partial charge in [-0.3, -0.25) is 9.69 Å². The van der Waals surface area contributed by atoms with E-state index in [0.717, 1.165) is 11.3 Å². The molecule has 5 heteroatoms. The highest BCUT2D eigenvalue weighted by molar-refractivity contribution is 5.93. The number of hydrogen-bond donors (Lipinski definition) is 3. The van der Waals surface area contributed by atoms with Crippen molar-refractivity contribution < 1.29 is 9.90 Å². The highest BCUT2D eigenvalue weighted by atomic mass is 16.3. The number of aliphatic hydroxyl groups is 1. The molecule has 0 aliphatic rings. The zero-order chi connectivity index (χ0) is 15.3. The van der Waals surface area contributed by atoms with Crippen LogP contribution in [0.2, 0.25) is 0 Å². The number of nitrogens with zero attached hydrogens (tertiary/aromatic N) is 1. The van der Waals surface area contributed by atoms with Crippen LogP contribution in [0.15, 0.2) is 18.2 Å². The monoisotopic (exact) mass is 279 g/mol. The second-order valence-electron chi connectivity index (χ2n) is 5.74. The fourth-order valence-electron chi connectivity index (χ4n) is 2.05. The highest BCUT2D eigenvalue weighted by Crippen LogP contribution is 2.17. The Labute approximate surface area is 120 Å². The SMILES string of the molecule is CCN(CC(=O)Nc1ccc(N)cc1C)CC(C)(C)O. The number of amides is 1. The predicted molar refractivity (Wildman–Crippen MR) is 82.6 cm³/mol. The van der Waals surface area contributed by atoms with Crippen LogP contribution in [0.4, 0.5) is 11.4 Å². The van der Waals surface area contributed by atoms with Gasteiger partial charge in [-0.15, -0.1) is 0 Å². The summed E-state index contributed by atoms with van der Waals surface area (Å²) >= 11 is 0. The molecular weight excluding hydrogens is 254 g/mol. The number of likely N-dealkylation sites (N-methyl/N-ethyl adjacent to an activating group) is 1. The van der Waals surface area contributed by atoms with E-state index in [4.69, 9.17) is 5.73 Å². The number of nitrogen functional groups attached to an aromatic ring is 1. The average Bonchev–Trinajstić information content (AvgIpc) is 2.30. The summed E-state index contributed by atoms with van der Waals surface area (Å²) in [7, 11) is 0. The molecule has 0 spiro atoms. The van der Waals surface area contributed by atoms with E-state index in [9.17, 15) is 9.90 Å². The van der Waals surface area contributed by atoms with E-state index in [0.29, 0.717) is 18.8 Å². The van der Waals surface area contributed by atoms with Crippen LogP contribution < -0.4 is 11.1 Å². The second kappa shape index (κ2) is 6.72. The Morgan fingerprint density at radius 1 is 1.45 bits per heavy atom. The molecule has 4 N–H and O–H groups in total. The number of benzene rings is 1. The van der Waals surface area contributed by atoms with Crippen LogP contribution >= 0.6 is 0 Å². The lowest BCUT2D eigenvalue weighted by molar-refractivity contribution is -0.117. The molecule has 0 atom stereocenters. The molecular formula is C15H25N3O2. The molecule has 0 fully saturated rings. The fraction of sp³-hybridized carbons (Fsp3) is 0.533. The number of nitrogens with two attached hydrogens (primary N) is 1. The van der Waals surface area contributed by atoms with Crippen molar-refractivity contribution in [2.24, 2.45) is 0 Å². The maximum Gasteiger partial charge on any atom is 0.238 e. The third-order valence-electron chi connectivity index (χ3n) is 2.95. The van der Waals surface area contributed by atoms with Gasteiger partial charge in [0.25, 0.3) is 0 Å². The van der Waals surface area contributed by atoms with Gasteiger partial charge in [-0.2, -0.15) is 0 Å². The molecule has 112 valence electrons. The van der Waals surface area contributed by atoms with E-state index in [1.54, 1.807) is 26.0 Å². The third-order valence-corrected chi connectivity index (χ3v) is 2.95. The van der Waals surface area contributed by atoms with Crippen molar-refractivity contribution in [3.63, 3.8) is 0 Å². The van der Waals surface area contributed by atoms with Crippen molar-refractivity contribution in [2.45, 2.75) is 33.3 Å². The molecule has 0 heterocycles. The molecule has 0 bridgehead atoms. The standard InChI is InChI=1S/C15H25N3O2/c1-5-18(10-15(3,4)20)9-14(19)17-13-7-6-12(16)8-11(13)2/h6-8,20H,5,9-10,16H2,1-4H3,(H,17,19). The summed E-state index contributed by atoms with van der Waals surface area (Å²) in [5.74, 6) is -0.0935. The van der Waals surface area contributed by atoms with Crippen LogP contribution in [0.1, 0.15) is 26.3 Å². The summed E-state index contributed by atoms with van der Waals surface area (Å²) in [6.07, 6.45) is 0. The lowest BCUT2D eigenvalue weighted by Crippen LogP contribution is -2.42. The normalized spacial score (nSPS) is 11.7. The molecule has 0 saturated carbocycles. The molecule has 0 aromatic heterocycles. The van der Waals surface area contributed by atoms with Crippen LogP contribution in [0, 0.1) is 6.92 Å². The molecule has 0 aliphatic carbocycles. The van der Waals surface area contributed by atoms with Gasteiger partial charge in [0.15, 0.2) is 0 Å². The first-order valence-electron chi connectivity index (χ1n) is 6.82. The molecule has 1 aromatic rings. The van der Waals surface area contributed by atoms with E-state index in [1.807, 2.05) is 24.8 Å². The van der Waals surface area contributed by atoms with Crippen LogP contribution in [0.5, 0.6) is 0 Å². The minimum absolute atomic E-state index is 0.0935. The number of rotatable bonds is 6. The van der Waals surface area contributed by atoms with E-state index >= 15 is 0 Å². The third kappa shape index (κ3) is 5.59. The molecule has 0 saturated heterocycles. The largest absolute Gasteiger partial charge is 0.399 e. The number of carbonyl (C=O) groups is 1. The first-order chi connectivity index (χ1) is 9.21. The van der Waals surface area contributed by atoms with Crippen molar-refractivity contribution in [1.82, 2.24) is 4.90 Å². The van der Waals surface area contributed by atoms with E-state index < -0.39 is 5.60 Å². The molecule has 0 aliphatic heterocycles. The van der Waals surface area contributed by atoms with E-state index in [-0.39, 0.29) is 12.5 Å². The number of anilines is 2. The van der Waals surface area contributed by atoms with Crippen LogP contribution in [-0.2, 0) is 4.79 Å². The molecule has 1 amide bonds. The van der Waals surface area contributed by atoms with Gasteiger partial charge in [-0.25, -0.2) is 0 Å². The van der Waals surface area contributed by atoms with Gasteiger partial charge in [-0.1, -0.05) is 6.92 Å². The summed E-state index contributed by atoms with van der Waals surface area (Å²) in [5, 5.41) is 12.7. The van der Waals surface area contributed by atoms with Crippen molar-refractivity contribution in [3.8, 4) is 0 Å². The second-order valence-corrected chi connectivity index (χ2v) is 5.74. The lowest BCUT2D eigenvalue weighted by atomic mass is 10.1. The summed E-state index contributed by atoms with van der Waals surface area (Å²) < 4.78 is 0. The highest BCUT2D eigenvalue weighted by Gasteiger charge is 2.19. The van der Waals surface area contributed by atoms with E-state index in [2.05, 4.69) is 5.32 Å². The Morgan fingerprint density at radius 3 is 2.60 bits per heavy atom. The van der Waals surface area contributed by atoms with E-state index in [1.165, 1.54) is 0 Å². The Kier molecular flexibility index (Phi) is 5.53. The Bertz CT molecular complexity index is 467. The minimum Gasteiger partial charge on any atom is -0.399 e. The van der Waals surface area contributed by atoms with Gasteiger partial charge in [0.2, 0.25) is 5.91 Å². The molecule has 0 unspecified atom stereocenters. The summed E-state index contributed by atoms with van der Waals surface area (Å²) in [4.78, 5) is 13.9. The average molecular weight is 279 g/mol. The van der Waals surface area contributed by atoms with Crippen LogP contribution in [-0.4, -0.2) is 41.1 Å². The molecule has 20 heavy (non-hydrogen) atoms. The maximum absolute atomic E-state index is 12.0. The van der Waals surface area contributed by atoms with Crippen LogP contribution in [0.3, 0.4) is 0 Å². The molecule has 1 rings (SSSR count). The maximum atomic E-state index is 12.0. The Hall–Kier alpha value is -1.59. The van der Waals surface area contributed by atoms with Crippen LogP contribution in [0.25, 0.3) is 0 Å². The van der Waals surface area contributed by atoms with Gasteiger partial charge in [-0.05, 0) is 51.1 Å². The Morgan fingerprint density at radius 2 is 2.10 bits per heavy atom. The molecule has 1 aromatic carbocycles. The number of carbonyl (C=O) groups excluding carboxylic acids is 1. The van der Waals surface area contributed by atoms with Gasteiger partial charge >= 0.3 is 0 Å².